The lowest BCUT2D eigenvalue weighted by Crippen LogP contribution is -2.43. The molecule has 106 valence electrons. The Labute approximate surface area is 123 Å². The quantitative estimate of drug-likeness (QED) is 0.925. The van der Waals surface area contributed by atoms with Crippen molar-refractivity contribution in [3.63, 3.8) is 0 Å². The summed E-state index contributed by atoms with van der Waals surface area (Å²) in [7, 11) is -0.885. The molecule has 0 spiro atoms. The van der Waals surface area contributed by atoms with E-state index in [1.807, 2.05) is 24.3 Å². The summed E-state index contributed by atoms with van der Waals surface area (Å²) in [5.41, 5.74) is 7.24. The monoisotopic (exact) mass is 299 g/mol. The number of hydrogen-bond acceptors (Lipinski definition) is 2. The lowest BCUT2D eigenvalue weighted by atomic mass is 9.84. The van der Waals surface area contributed by atoms with Crippen LogP contribution < -0.4 is 5.73 Å². The summed E-state index contributed by atoms with van der Waals surface area (Å²) in [6, 6.07) is 7.70. The van der Waals surface area contributed by atoms with Crippen LogP contribution in [0.5, 0.6) is 0 Å². The van der Waals surface area contributed by atoms with Crippen molar-refractivity contribution in [2.75, 3.05) is 0 Å². The number of hydrogen-bond donors (Lipinski definition) is 1. The zero-order chi connectivity index (χ0) is 13.8. The third-order valence-electron chi connectivity index (χ3n) is 4.09. The molecule has 1 aliphatic rings. The highest BCUT2D eigenvalue weighted by atomic mass is 35.5. The van der Waals surface area contributed by atoms with Gasteiger partial charge >= 0.3 is 0 Å². The van der Waals surface area contributed by atoms with E-state index >= 15 is 0 Å². The Hall–Kier alpha value is -0.380. The van der Waals surface area contributed by atoms with Crippen LogP contribution in [0.4, 0.5) is 0 Å². The van der Waals surface area contributed by atoms with E-state index in [0.29, 0.717) is 11.7 Å². The first-order chi connectivity index (χ1) is 9.10. The topological polar surface area (TPSA) is 43.1 Å². The van der Waals surface area contributed by atoms with E-state index in [2.05, 4.69) is 6.92 Å². The Morgan fingerprint density at radius 3 is 2.63 bits per heavy atom. The standard InChI is InChI=1S/C15H22ClNOS/c1-2-11-5-8-14(17)15(9-11)19(18)10-12-3-6-13(16)7-4-12/h3-4,6-7,11,14-15H,2,5,8-10,17H2,1H3. The normalized spacial score (nSPS) is 29.1. The Kier molecular flexibility index (Phi) is 5.43. The summed E-state index contributed by atoms with van der Waals surface area (Å²) in [6.07, 6.45) is 4.38. The summed E-state index contributed by atoms with van der Waals surface area (Å²) in [5, 5.41) is 0.865. The zero-order valence-corrected chi connectivity index (χ0v) is 12.9. The van der Waals surface area contributed by atoms with Gasteiger partial charge in [0.05, 0.1) is 5.25 Å². The maximum Gasteiger partial charge on any atom is 0.0505 e. The van der Waals surface area contributed by atoms with Crippen molar-refractivity contribution in [3.8, 4) is 0 Å². The van der Waals surface area contributed by atoms with Crippen LogP contribution in [-0.2, 0) is 16.6 Å². The van der Waals surface area contributed by atoms with Gasteiger partial charge in [0.1, 0.15) is 0 Å². The fraction of sp³-hybridized carbons (Fsp3) is 0.600. The van der Waals surface area contributed by atoms with Crippen LogP contribution in [0.2, 0.25) is 5.02 Å². The Morgan fingerprint density at radius 2 is 2.00 bits per heavy atom. The van der Waals surface area contributed by atoms with Crippen molar-refractivity contribution in [2.24, 2.45) is 11.7 Å². The third kappa shape index (κ3) is 4.04. The predicted molar refractivity (Wildman–Crippen MR) is 82.7 cm³/mol. The summed E-state index contributed by atoms with van der Waals surface area (Å²) < 4.78 is 12.5. The zero-order valence-electron chi connectivity index (χ0n) is 11.3. The molecule has 0 bridgehead atoms. The molecule has 0 radical (unpaired) electrons. The average molecular weight is 300 g/mol. The molecule has 0 amide bonds. The summed E-state index contributed by atoms with van der Waals surface area (Å²) in [4.78, 5) is 0. The molecule has 1 aromatic carbocycles. The molecule has 1 fully saturated rings. The number of benzene rings is 1. The first-order valence-corrected chi connectivity index (χ1v) is 8.73. The molecule has 4 atom stereocenters. The van der Waals surface area contributed by atoms with Crippen molar-refractivity contribution in [1.82, 2.24) is 0 Å². The summed E-state index contributed by atoms with van der Waals surface area (Å²) in [5.74, 6) is 1.28. The van der Waals surface area contributed by atoms with Crippen LogP contribution in [0.3, 0.4) is 0 Å². The van der Waals surface area contributed by atoms with Gasteiger partial charge in [-0.2, -0.15) is 0 Å². The van der Waals surface area contributed by atoms with Gasteiger partial charge in [0, 0.05) is 27.6 Å². The van der Waals surface area contributed by atoms with E-state index in [1.54, 1.807) is 0 Å². The van der Waals surface area contributed by atoms with E-state index in [-0.39, 0.29) is 11.3 Å². The first-order valence-electron chi connectivity index (χ1n) is 6.97. The second-order valence-corrected chi connectivity index (χ2v) is 7.53. The first kappa shape index (κ1) is 15.0. The van der Waals surface area contributed by atoms with Gasteiger partial charge in [-0.3, -0.25) is 4.21 Å². The lowest BCUT2D eigenvalue weighted by Gasteiger charge is -2.33. The van der Waals surface area contributed by atoms with E-state index in [0.717, 1.165) is 23.4 Å². The molecular weight excluding hydrogens is 278 g/mol. The van der Waals surface area contributed by atoms with Crippen molar-refractivity contribution in [1.29, 1.82) is 0 Å². The van der Waals surface area contributed by atoms with Crippen LogP contribution in [0.25, 0.3) is 0 Å². The molecule has 2 N–H and O–H groups in total. The molecule has 2 nitrogen and oxygen atoms in total. The van der Waals surface area contributed by atoms with Gasteiger partial charge in [0.25, 0.3) is 0 Å². The molecule has 0 saturated heterocycles. The van der Waals surface area contributed by atoms with Gasteiger partial charge < -0.3 is 5.73 Å². The third-order valence-corrected chi connectivity index (χ3v) is 6.18. The van der Waals surface area contributed by atoms with Crippen LogP contribution in [0.1, 0.15) is 38.2 Å². The largest absolute Gasteiger partial charge is 0.327 e. The van der Waals surface area contributed by atoms with Gasteiger partial charge in [-0.25, -0.2) is 0 Å². The molecule has 19 heavy (non-hydrogen) atoms. The minimum Gasteiger partial charge on any atom is -0.327 e. The van der Waals surface area contributed by atoms with E-state index < -0.39 is 10.8 Å². The van der Waals surface area contributed by atoms with Crippen LogP contribution in [-0.4, -0.2) is 15.5 Å². The fourth-order valence-electron chi connectivity index (χ4n) is 2.76. The SMILES string of the molecule is CCC1CCC(N)C(S(=O)Cc2ccc(Cl)cc2)C1. The van der Waals surface area contributed by atoms with E-state index in [9.17, 15) is 4.21 Å². The molecule has 1 saturated carbocycles. The molecule has 0 aliphatic heterocycles. The number of halogens is 1. The second-order valence-electron chi connectivity index (χ2n) is 5.44. The fourth-order valence-corrected chi connectivity index (χ4v) is 4.63. The van der Waals surface area contributed by atoms with Gasteiger partial charge in [-0.15, -0.1) is 0 Å². The highest BCUT2D eigenvalue weighted by Gasteiger charge is 2.31. The molecule has 1 aromatic rings. The minimum absolute atomic E-state index is 0.0935. The van der Waals surface area contributed by atoms with E-state index in [1.165, 1.54) is 12.8 Å². The summed E-state index contributed by atoms with van der Waals surface area (Å²) in [6.45, 7) is 2.21. The molecular formula is C15H22ClNOS. The smallest absolute Gasteiger partial charge is 0.0505 e. The Morgan fingerprint density at radius 1 is 1.32 bits per heavy atom. The molecule has 0 heterocycles. The number of nitrogens with two attached hydrogens (primary N) is 1. The maximum atomic E-state index is 12.5. The maximum absolute atomic E-state index is 12.5. The van der Waals surface area contributed by atoms with Gasteiger partial charge in [0.2, 0.25) is 0 Å². The highest BCUT2D eigenvalue weighted by Crippen LogP contribution is 2.30. The molecule has 4 heteroatoms. The average Bonchev–Trinajstić information content (AvgIpc) is 2.42. The van der Waals surface area contributed by atoms with Gasteiger partial charge in [0.15, 0.2) is 0 Å². The van der Waals surface area contributed by atoms with Crippen molar-refractivity contribution in [3.05, 3.63) is 34.9 Å². The van der Waals surface area contributed by atoms with Crippen LogP contribution in [0, 0.1) is 5.92 Å². The van der Waals surface area contributed by atoms with Crippen molar-refractivity contribution >= 4 is 22.4 Å². The van der Waals surface area contributed by atoms with Gasteiger partial charge in [-0.1, -0.05) is 37.1 Å². The summed E-state index contributed by atoms with van der Waals surface area (Å²) >= 11 is 5.86. The van der Waals surface area contributed by atoms with Crippen LogP contribution >= 0.6 is 11.6 Å². The predicted octanol–water partition coefficient (Wildman–Crippen LogP) is 3.49. The Balaban J connectivity index is 2.00. The van der Waals surface area contributed by atoms with Crippen molar-refractivity contribution < 1.29 is 4.21 Å². The second kappa shape index (κ2) is 6.87. The number of rotatable bonds is 4. The minimum atomic E-state index is -0.885. The van der Waals surface area contributed by atoms with Gasteiger partial charge in [-0.05, 0) is 42.9 Å². The van der Waals surface area contributed by atoms with Crippen LogP contribution in [0.15, 0.2) is 24.3 Å². The molecule has 2 rings (SSSR count). The van der Waals surface area contributed by atoms with Crippen molar-refractivity contribution in [2.45, 2.75) is 49.7 Å². The lowest BCUT2D eigenvalue weighted by molar-refractivity contribution is 0.324. The molecule has 1 aliphatic carbocycles. The highest BCUT2D eigenvalue weighted by molar-refractivity contribution is 7.84. The Bertz CT molecular complexity index is 434. The molecule has 4 unspecified atom stereocenters. The molecule has 0 aromatic heterocycles. The van der Waals surface area contributed by atoms with E-state index in [4.69, 9.17) is 17.3 Å².